The average molecular weight is 371 g/mol. The summed E-state index contributed by atoms with van der Waals surface area (Å²) in [5.74, 6) is -4.52. The van der Waals surface area contributed by atoms with Crippen LogP contribution in [0.2, 0.25) is 0 Å². The Morgan fingerprint density at radius 3 is 2.23 bits per heavy atom. The Labute approximate surface area is 145 Å². The van der Waals surface area contributed by atoms with Crippen molar-refractivity contribution < 1.29 is 44.4 Å². The third-order valence-electron chi connectivity index (χ3n) is 3.11. The van der Waals surface area contributed by atoms with Gasteiger partial charge >= 0.3 is 24.0 Å². The van der Waals surface area contributed by atoms with E-state index >= 15 is 0 Å². The van der Waals surface area contributed by atoms with Crippen LogP contribution >= 0.6 is 0 Å². The molecule has 0 spiro atoms. The van der Waals surface area contributed by atoms with Crippen molar-refractivity contribution in [3.05, 3.63) is 35.0 Å². The van der Waals surface area contributed by atoms with Crippen LogP contribution in [0, 0.1) is 5.21 Å². The van der Waals surface area contributed by atoms with E-state index in [1.54, 1.807) is 0 Å². The first-order valence-corrected chi connectivity index (χ1v) is 7.03. The zero-order valence-electron chi connectivity index (χ0n) is 13.1. The summed E-state index contributed by atoms with van der Waals surface area (Å²) in [6.07, 6.45) is -4.50. The molecule has 0 saturated heterocycles. The minimum Gasteiger partial charge on any atom is -0.733 e. The first-order valence-electron chi connectivity index (χ1n) is 7.03. The van der Waals surface area contributed by atoms with Gasteiger partial charge in [-0.1, -0.05) is 18.2 Å². The molecule has 0 aliphatic rings. The van der Waals surface area contributed by atoms with Gasteiger partial charge in [-0.25, -0.2) is 14.4 Å². The normalized spacial score (nSPS) is 12.5. The van der Waals surface area contributed by atoms with Crippen molar-refractivity contribution in [3.63, 3.8) is 0 Å². The number of nitrogens with one attached hydrogen (secondary N) is 1. The van der Waals surface area contributed by atoms with Gasteiger partial charge in [-0.2, -0.15) is 0 Å². The number of carboxylic acids is 3. The molecule has 0 radical (unpaired) electrons. The summed E-state index contributed by atoms with van der Waals surface area (Å²) in [4.78, 5) is 44.7. The van der Waals surface area contributed by atoms with E-state index in [-0.39, 0.29) is 5.56 Å². The minimum atomic E-state index is -2.02. The van der Waals surface area contributed by atoms with Crippen molar-refractivity contribution in [1.29, 1.82) is 0 Å². The van der Waals surface area contributed by atoms with Crippen LogP contribution in [-0.2, 0) is 19.1 Å². The predicted molar refractivity (Wildman–Crippen MR) is 82.4 cm³/mol. The summed E-state index contributed by atoms with van der Waals surface area (Å²) < 4.78 is 4.64. The monoisotopic (exact) mass is 371 g/mol. The lowest BCUT2D eigenvalue weighted by Gasteiger charge is -2.26. The van der Waals surface area contributed by atoms with Gasteiger partial charge in [0, 0.05) is 12.0 Å². The zero-order chi connectivity index (χ0) is 19.9. The first kappa shape index (κ1) is 20.7. The second-order valence-corrected chi connectivity index (χ2v) is 4.92. The molecule has 26 heavy (non-hydrogen) atoms. The number of carbonyl (C=O) groups is 4. The highest BCUT2D eigenvalue weighted by atomic mass is 16.8. The summed E-state index contributed by atoms with van der Waals surface area (Å²) in [5.41, 5.74) is -0.849. The third-order valence-corrected chi connectivity index (χ3v) is 3.11. The van der Waals surface area contributed by atoms with Crippen LogP contribution in [0.15, 0.2) is 24.3 Å². The molecule has 2 atom stereocenters. The van der Waals surface area contributed by atoms with Crippen LogP contribution in [0.3, 0.4) is 0 Å². The average Bonchev–Trinajstić information content (AvgIpc) is 2.55. The molecule has 0 aliphatic carbocycles. The molecule has 0 bridgehead atoms. The number of benzene rings is 1. The lowest BCUT2D eigenvalue weighted by Crippen LogP contribution is -2.42. The first-order chi connectivity index (χ1) is 12.1. The molecular formula is C14H15N2O10-. The molecule has 1 unspecified atom stereocenters. The molecule has 1 rings (SSSR count). The predicted octanol–water partition coefficient (Wildman–Crippen LogP) is 0.550. The number of rotatable bonds is 9. The maximum Gasteiger partial charge on any atom is 0.409 e. The molecule has 1 amide bonds. The number of para-hydroxylation sites is 1. The van der Waals surface area contributed by atoms with E-state index in [1.165, 1.54) is 12.1 Å². The van der Waals surface area contributed by atoms with Crippen LogP contribution in [0.1, 0.15) is 24.5 Å². The fourth-order valence-corrected chi connectivity index (χ4v) is 1.94. The van der Waals surface area contributed by atoms with Gasteiger partial charge in [-0.05, 0) is 12.5 Å². The number of nitrogens with zero attached hydrogens (tertiary/aromatic N) is 1. The number of carbonyl (C=O) groups excluding carboxylic acids is 1. The Morgan fingerprint density at radius 1 is 1.12 bits per heavy atom. The highest BCUT2D eigenvalue weighted by Crippen LogP contribution is 2.28. The minimum absolute atomic E-state index is 0.356. The van der Waals surface area contributed by atoms with Crippen molar-refractivity contribution in [2.75, 3.05) is 5.23 Å². The summed E-state index contributed by atoms with van der Waals surface area (Å²) in [7, 11) is 0. The lowest BCUT2D eigenvalue weighted by atomic mass is 10.1. The number of anilines is 1. The van der Waals surface area contributed by atoms with Crippen molar-refractivity contribution in [2.24, 2.45) is 0 Å². The molecule has 0 heterocycles. The number of aliphatic carboxylic acids is 3. The molecule has 5 N–H and O–H groups in total. The summed E-state index contributed by atoms with van der Waals surface area (Å²) >= 11 is 0. The van der Waals surface area contributed by atoms with Gasteiger partial charge < -0.3 is 35.8 Å². The van der Waals surface area contributed by atoms with E-state index in [4.69, 9.17) is 15.4 Å². The molecule has 0 saturated carbocycles. The van der Waals surface area contributed by atoms with Crippen LogP contribution in [0.5, 0.6) is 0 Å². The standard InChI is InChI=1S/C14H15N2O10/c17-10(18)6-5-8(12(19)20)15-14(23)26-11(13(21)22)7-3-1-2-4-9(7)16(24)25/h1-4,8,11,24H,5-6H2,(H,15,23)(H,17,18)(H,19,20)(H,21,22)/q-1/t8-,11?/m0/s1. The van der Waals surface area contributed by atoms with Gasteiger partial charge in [-0.15, -0.1) is 0 Å². The van der Waals surface area contributed by atoms with Gasteiger partial charge in [0.15, 0.2) is 0 Å². The molecule has 1 aromatic carbocycles. The molecule has 0 fully saturated rings. The molecule has 1 aromatic rings. The highest BCUT2D eigenvalue weighted by Gasteiger charge is 2.29. The Bertz CT molecular complexity index is 690. The summed E-state index contributed by atoms with van der Waals surface area (Å²) in [5, 5.41) is 48.0. The van der Waals surface area contributed by atoms with E-state index < -0.39 is 59.9 Å². The molecule has 0 aliphatic heterocycles. The van der Waals surface area contributed by atoms with Crippen molar-refractivity contribution in [2.45, 2.75) is 25.0 Å². The van der Waals surface area contributed by atoms with Crippen LogP contribution in [-0.4, -0.2) is 50.6 Å². The molecule has 0 aromatic heterocycles. The number of hydrogen-bond donors (Lipinski definition) is 5. The van der Waals surface area contributed by atoms with Crippen LogP contribution in [0.4, 0.5) is 10.5 Å². The Morgan fingerprint density at radius 2 is 1.73 bits per heavy atom. The van der Waals surface area contributed by atoms with Gasteiger partial charge in [0.25, 0.3) is 0 Å². The van der Waals surface area contributed by atoms with Crippen molar-refractivity contribution in [1.82, 2.24) is 5.32 Å². The largest absolute Gasteiger partial charge is 0.733 e. The second-order valence-electron chi connectivity index (χ2n) is 4.92. The smallest absolute Gasteiger partial charge is 0.409 e. The maximum atomic E-state index is 11.8. The molecule has 142 valence electrons. The van der Waals surface area contributed by atoms with Crippen molar-refractivity contribution >= 4 is 29.7 Å². The third kappa shape index (κ3) is 5.92. The van der Waals surface area contributed by atoms with Crippen LogP contribution in [0.25, 0.3) is 0 Å². The number of hydrogen-bond acceptors (Lipinski definition) is 8. The van der Waals surface area contributed by atoms with Crippen LogP contribution < -0.4 is 10.5 Å². The van der Waals surface area contributed by atoms with E-state index in [0.717, 1.165) is 12.1 Å². The van der Waals surface area contributed by atoms with Crippen molar-refractivity contribution in [3.8, 4) is 0 Å². The Kier molecular flexibility index (Phi) is 7.31. The summed E-state index contributed by atoms with van der Waals surface area (Å²) in [6.45, 7) is 0. The number of carboxylic acid groups (broad SMARTS) is 3. The fourth-order valence-electron chi connectivity index (χ4n) is 1.94. The zero-order valence-corrected chi connectivity index (χ0v) is 13.1. The van der Waals surface area contributed by atoms with Gasteiger partial charge in [-0.3, -0.25) is 10.0 Å². The molecular weight excluding hydrogens is 356 g/mol. The van der Waals surface area contributed by atoms with E-state index in [1.807, 2.05) is 5.32 Å². The summed E-state index contributed by atoms with van der Waals surface area (Å²) in [6, 6.07) is 3.21. The highest BCUT2D eigenvalue weighted by molar-refractivity contribution is 5.84. The number of amides is 1. The van der Waals surface area contributed by atoms with Gasteiger partial charge in [0.05, 0.1) is 5.69 Å². The fraction of sp³-hybridized carbons (Fsp3) is 0.286. The SMILES string of the molecule is O=C(O)CC[C@H](NC(=O)OC(C(=O)O)c1ccccc1N([O-])O)C(=O)O. The second kappa shape index (κ2) is 9.19. The Balaban J connectivity index is 2.94. The van der Waals surface area contributed by atoms with Gasteiger partial charge in [0.1, 0.15) is 6.04 Å². The molecule has 12 nitrogen and oxygen atoms in total. The maximum absolute atomic E-state index is 11.8. The number of alkyl carbamates (subject to hydrolysis) is 1. The topological polar surface area (TPSA) is 197 Å². The van der Waals surface area contributed by atoms with Gasteiger partial charge in [0.2, 0.25) is 6.10 Å². The quantitative estimate of drug-likeness (QED) is 0.380. The Hall–Kier alpha value is -3.38. The number of ether oxygens (including phenoxy) is 1. The van der Waals surface area contributed by atoms with E-state index in [0.29, 0.717) is 0 Å². The molecule has 12 heteroatoms. The lowest BCUT2D eigenvalue weighted by molar-refractivity contribution is -0.147. The van der Waals surface area contributed by atoms with E-state index in [9.17, 15) is 29.5 Å². The van der Waals surface area contributed by atoms with E-state index in [2.05, 4.69) is 4.74 Å².